The summed E-state index contributed by atoms with van der Waals surface area (Å²) >= 11 is 0. The van der Waals surface area contributed by atoms with Gasteiger partial charge in [-0.3, -0.25) is 4.79 Å². The van der Waals surface area contributed by atoms with E-state index in [0.717, 1.165) is 13.0 Å². The van der Waals surface area contributed by atoms with Crippen molar-refractivity contribution in [3.05, 3.63) is 23.8 Å². The van der Waals surface area contributed by atoms with Gasteiger partial charge in [-0.1, -0.05) is 6.92 Å². The van der Waals surface area contributed by atoms with Crippen LogP contribution in [0.15, 0.2) is 18.2 Å². The Bertz CT molecular complexity index is 391. The number of nitrogen functional groups attached to an aromatic ring is 1. The van der Waals surface area contributed by atoms with E-state index in [4.69, 9.17) is 10.5 Å². The number of anilines is 1. The van der Waals surface area contributed by atoms with Crippen molar-refractivity contribution >= 4 is 11.6 Å². The molecule has 17 heavy (non-hydrogen) atoms. The van der Waals surface area contributed by atoms with Crippen molar-refractivity contribution < 1.29 is 9.53 Å². The highest BCUT2D eigenvalue weighted by Gasteiger charge is 2.12. The number of nitrogens with two attached hydrogens (primary N) is 1. The molecule has 1 rings (SSSR count). The van der Waals surface area contributed by atoms with Crippen LogP contribution < -0.4 is 10.5 Å². The maximum Gasteiger partial charge on any atom is 0.253 e. The lowest BCUT2D eigenvalue weighted by Gasteiger charge is -2.16. The molecule has 0 atom stereocenters. The lowest BCUT2D eigenvalue weighted by atomic mass is 10.1. The Balaban J connectivity index is 2.85. The van der Waals surface area contributed by atoms with Crippen LogP contribution in [0.4, 0.5) is 5.69 Å². The van der Waals surface area contributed by atoms with E-state index >= 15 is 0 Å². The molecule has 1 amide bonds. The molecule has 4 heteroatoms. The second-order valence-corrected chi connectivity index (χ2v) is 3.91. The molecule has 0 bridgehead atoms. The average molecular weight is 236 g/mol. The van der Waals surface area contributed by atoms with Gasteiger partial charge >= 0.3 is 0 Å². The van der Waals surface area contributed by atoms with Crippen molar-refractivity contribution in [3.8, 4) is 5.75 Å². The number of hydrogen-bond donors (Lipinski definition) is 1. The van der Waals surface area contributed by atoms with Gasteiger partial charge in [0.25, 0.3) is 5.91 Å². The minimum absolute atomic E-state index is 0.0124. The van der Waals surface area contributed by atoms with Gasteiger partial charge in [0.15, 0.2) is 0 Å². The molecule has 0 saturated heterocycles. The van der Waals surface area contributed by atoms with Gasteiger partial charge in [0.1, 0.15) is 5.75 Å². The van der Waals surface area contributed by atoms with Crippen molar-refractivity contribution in [2.75, 3.05) is 25.9 Å². The van der Waals surface area contributed by atoms with Gasteiger partial charge in [-0.15, -0.1) is 0 Å². The molecule has 1 aromatic rings. The van der Waals surface area contributed by atoms with Crippen LogP contribution in [0, 0.1) is 0 Å². The molecule has 0 aliphatic heterocycles. The summed E-state index contributed by atoms with van der Waals surface area (Å²) in [5.74, 6) is 0.615. The van der Waals surface area contributed by atoms with E-state index < -0.39 is 0 Å². The fourth-order valence-electron chi connectivity index (χ4n) is 1.63. The van der Waals surface area contributed by atoms with Gasteiger partial charge in [0.05, 0.1) is 12.3 Å². The quantitative estimate of drug-likeness (QED) is 0.797. The molecule has 1 aromatic carbocycles. The lowest BCUT2D eigenvalue weighted by Crippen LogP contribution is -2.27. The summed E-state index contributed by atoms with van der Waals surface area (Å²) in [5, 5.41) is 0. The zero-order valence-corrected chi connectivity index (χ0v) is 10.7. The summed E-state index contributed by atoms with van der Waals surface area (Å²) < 4.78 is 5.33. The fraction of sp³-hybridized carbons (Fsp3) is 0.462. The molecule has 94 valence electrons. The van der Waals surface area contributed by atoms with Crippen LogP contribution in [0.5, 0.6) is 5.75 Å². The van der Waals surface area contributed by atoms with Crippen LogP contribution in [0.25, 0.3) is 0 Å². The molecular formula is C13H20N2O2. The number of benzene rings is 1. The van der Waals surface area contributed by atoms with Crippen LogP contribution >= 0.6 is 0 Å². The highest BCUT2D eigenvalue weighted by molar-refractivity contribution is 5.95. The van der Waals surface area contributed by atoms with Gasteiger partial charge < -0.3 is 15.4 Å². The van der Waals surface area contributed by atoms with E-state index in [1.54, 1.807) is 30.1 Å². The fourth-order valence-corrected chi connectivity index (χ4v) is 1.63. The number of rotatable bonds is 5. The van der Waals surface area contributed by atoms with Crippen molar-refractivity contribution in [3.63, 3.8) is 0 Å². The predicted molar refractivity (Wildman–Crippen MR) is 69.3 cm³/mol. The van der Waals surface area contributed by atoms with Gasteiger partial charge in [-0.2, -0.15) is 0 Å². The van der Waals surface area contributed by atoms with Gasteiger partial charge in [0, 0.05) is 19.2 Å². The summed E-state index contributed by atoms with van der Waals surface area (Å²) in [6, 6.07) is 5.15. The van der Waals surface area contributed by atoms with Crippen LogP contribution in [-0.4, -0.2) is 31.0 Å². The molecule has 0 aliphatic carbocycles. The zero-order valence-electron chi connectivity index (χ0n) is 10.7. The number of amides is 1. The average Bonchev–Trinajstić information content (AvgIpc) is 2.31. The number of ether oxygens (including phenoxy) is 1. The summed E-state index contributed by atoms with van der Waals surface area (Å²) in [7, 11) is 1.79. The standard InChI is InChI=1S/C13H20N2O2/c1-4-8-15(3)13(16)10-6-7-12(17-5-2)11(14)9-10/h6-7,9H,4-5,8,14H2,1-3H3. The Labute approximate surface area is 102 Å². The Hall–Kier alpha value is -1.71. The summed E-state index contributed by atoms with van der Waals surface area (Å²) in [5.41, 5.74) is 6.92. The summed E-state index contributed by atoms with van der Waals surface area (Å²) in [6.45, 7) is 5.24. The Morgan fingerprint density at radius 3 is 2.65 bits per heavy atom. The molecule has 0 aliphatic rings. The summed E-state index contributed by atoms with van der Waals surface area (Å²) in [4.78, 5) is 13.7. The Morgan fingerprint density at radius 1 is 1.41 bits per heavy atom. The smallest absolute Gasteiger partial charge is 0.253 e. The second kappa shape index (κ2) is 6.13. The molecule has 0 fully saturated rings. The van der Waals surface area contributed by atoms with Crippen molar-refractivity contribution in [2.24, 2.45) is 0 Å². The molecule has 2 N–H and O–H groups in total. The predicted octanol–water partition coefficient (Wildman–Crippen LogP) is 2.15. The minimum Gasteiger partial charge on any atom is -0.492 e. The molecule has 0 spiro atoms. The van der Waals surface area contributed by atoms with E-state index in [-0.39, 0.29) is 5.91 Å². The van der Waals surface area contributed by atoms with Crippen molar-refractivity contribution in [1.29, 1.82) is 0 Å². The van der Waals surface area contributed by atoms with E-state index in [1.807, 2.05) is 13.8 Å². The van der Waals surface area contributed by atoms with Crippen LogP contribution in [0.3, 0.4) is 0 Å². The number of carbonyl (C=O) groups excluding carboxylic acids is 1. The molecule has 0 unspecified atom stereocenters. The first kappa shape index (κ1) is 13.4. The highest BCUT2D eigenvalue weighted by atomic mass is 16.5. The first-order chi connectivity index (χ1) is 8.10. The van der Waals surface area contributed by atoms with Gasteiger partial charge in [0.2, 0.25) is 0 Å². The first-order valence-corrected chi connectivity index (χ1v) is 5.87. The molecular weight excluding hydrogens is 216 g/mol. The third-order valence-electron chi connectivity index (χ3n) is 2.46. The third kappa shape index (κ3) is 3.37. The SMILES string of the molecule is CCCN(C)C(=O)c1ccc(OCC)c(N)c1. The normalized spacial score (nSPS) is 10.1. The van der Waals surface area contributed by atoms with Gasteiger partial charge in [-0.05, 0) is 31.5 Å². The van der Waals surface area contributed by atoms with E-state index in [0.29, 0.717) is 23.6 Å². The number of nitrogens with zero attached hydrogens (tertiary/aromatic N) is 1. The van der Waals surface area contributed by atoms with Crippen molar-refractivity contribution in [1.82, 2.24) is 4.90 Å². The monoisotopic (exact) mass is 236 g/mol. The molecule has 0 radical (unpaired) electrons. The highest BCUT2D eigenvalue weighted by Crippen LogP contribution is 2.23. The third-order valence-corrected chi connectivity index (χ3v) is 2.46. The zero-order chi connectivity index (χ0) is 12.8. The minimum atomic E-state index is -0.0124. The van der Waals surface area contributed by atoms with E-state index in [2.05, 4.69) is 0 Å². The topological polar surface area (TPSA) is 55.6 Å². The molecule has 0 saturated carbocycles. The maximum absolute atomic E-state index is 12.0. The Morgan fingerprint density at radius 2 is 2.12 bits per heavy atom. The van der Waals surface area contributed by atoms with Crippen LogP contribution in [0.2, 0.25) is 0 Å². The van der Waals surface area contributed by atoms with E-state index in [1.165, 1.54) is 0 Å². The second-order valence-electron chi connectivity index (χ2n) is 3.91. The van der Waals surface area contributed by atoms with Crippen LogP contribution in [-0.2, 0) is 0 Å². The van der Waals surface area contributed by atoms with Crippen molar-refractivity contribution in [2.45, 2.75) is 20.3 Å². The summed E-state index contributed by atoms with van der Waals surface area (Å²) in [6.07, 6.45) is 0.939. The first-order valence-electron chi connectivity index (χ1n) is 5.87. The Kier molecular flexibility index (Phi) is 4.82. The maximum atomic E-state index is 12.0. The number of carbonyl (C=O) groups is 1. The molecule has 4 nitrogen and oxygen atoms in total. The largest absolute Gasteiger partial charge is 0.492 e. The van der Waals surface area contributed by atoms with E-state index in [9.17, 15) is 4.79 Å². The van der Waals surface area contributed by atoms with Gasteiger partial charge in [-0.25, -0.2) is 0 Å². The van der Waals surface area contributed by atoms with Crippen LogP contribution in [0.1, 0.15) is 30.6 Å². The number of hydrogen-bond acceptors (Lipinski definition) is 3. The molecule has 0 aromatic heterocycles. The lowest BCUT2D eigenvalue weighted by molar-refractivity contribution is 0.0795. The molecule has 0 heterocycles.